The van der Waals surface area contributed by atoms with Crippen molar-refractivity contribution in [2.75, 3.05) is 34.9 Å². The van der Waals surface area contributed by atoms with E-state index in [4.69, 9.17) is 5.73 Å². The highest BCUT2D eigenvalue weighted by Gasteiger charge is 2.08. The summed E-state index contributed by atoms with van der Waals surface area (Å²) in [5, 5.41) is 6.62. The van der Waals surface area contributed by atoms with Crippen molar-refractivity contribution in [3.8, 4) is 0 Å². The van der Waals surface area contributed by atoms with E-state index in [9.17, 15) is 0 Å². The van der Waals surface area contributed by atoms with Crippen LogP contribution in [0.4, 0.5) is 17.6 Å². The zero-order valence-corrected chi connectivity index (χ0v) is 12.2. The molecule has 1 aromatic rings. The molecule has 1 unspecified atom stereocenters. The summed E-state index contributed by atoms with van der Waals surface area (Å²) in [5.41, 5.74) is 5.71. The number of rotatable bonds is 8. The third-order valence-corrected chi connectivity index (χ3v) is 3.25. The molecule has 0 radical (unpaired) electrons. The van der Waals surface area contributed by atoms with Crippen molar-refractivity contribution >= 4 is 29.3 Å². The van der Waals surface area contributed by atoms with Crippen molar-refractivity contribution in [3.05, 3.63) is 6.07 Å². The summed E-state index contributed by atoms with van der Waals surface area (Å²) in [4.78, 5) is 8.38. The van der Waals surface area contributed by atoms with E-state index in [2.05, 4.69) is 40.7 Å². The molecule has 0 fully saturated rings. The van der Waals surface area contributed by atoms with Gasteiger partial charge in [-0.25, -0.2) is 0 Å². The summed E-state index contributed by atoms with van der Waals surface area (Å²) in [6.45, 7) is 5.16. The van der Waals surface area contributed by atoms with Gasteiger partial charge in [0, 0.05) is 24.4 Å². The first-order valence-electron chi connectivity index (χ1n) is 6.33. The Hall–Kier alpha value is -1.17. The van der Waals surface area contributed by atoms with Crippen molar-refractivity contribution in [1.82, 2.24) is 9.97 Å². The number of nitrogen functional groups attached to an aromatic ring is 1. The molecule has 0 bridgehead atoms. The minimum Gasteiger partial charge on any atom is -0.370 e. The van der Waals surface area contributed by atoms with Crippen molar-refractivity contribution < 1.29 is 0 Å². The third-order valence-electron chi connectivity index (χ3n) is 2.51. The number of thioether (sulfide) groups is 1. The molecule has 6 heteroatoms. The fourth-order valence-electron chi connectivity index (χ4n) is 1.56. The lowest BCUT2D eigenvalue weighted by Gasteiger charge is -2.17. The van der Waals surface area contributed by atoms with Crippen LogP contribution in [0, 0.1) is 0 Å². The first-order valence-corrected chi connectivity index (χ1v) is 7.72. The first-order chi connectivity index (χ1) is 8.69. The number of hydrogen-bond acceptors (Lipinski definition) is 6. The van der Waals surface area contributed by atoms with E-state index in [0.717, 1.165) is 36.8 Å². The van der Waals surface area contributed by atoms with E-state index in [1.807, 2.05) is 17.8 Å². The van der Waals surface area contributed by atoms with Crippen LogP contribution in [0.5, 0.6) is 0 Å². The molecule has 1 atom stereocenters. The quantitative estimate of drug-likeness (QED) is 0.673. The molecule has 0 aromatic carbocycles. The van der Waals surface area contributed by atoms with E-state index in [0.29, 0.717) is 12.0 Å². The molecular formula is C12H23N5S. The fourth-order valence-corrected chi connectivity index (χ4v) is 2.28. The van der Waals surface area contributed by atoms with Gasteiger partial charge in [-0.15, -0.1) is 0 Å². The second-order valence-corrected chi connectivity index (χ2v) is 5.04. The highest BCUT2D eigenvalue weighted by Crippen LogP contribution is 2.15. The average Bonchev–Trinajstić information content (AvgIpc) is 2.35. The molecule has 0 spiro atoms. The van der Waals surface area contributed by atoms with Gasteiger partial charge in [0.25, 0.3) is 0 Å². The van der Waals surface area contributed by atoms with Crippen molar-refractivity contribution in [2.45, 2.75) is 32.7 Å². The van der Waals surface area contributed by atoms with Crippen LogP contribution in [0.1, 0.15) is 26.7 Å². The van der Waals surface area contributed by atoms with E-state index in [1.54, 1.807) is 0 Å². The number of anilines is 3. The molecule has 0 aliphatic carbocycles. The van der Waals surface area contributed by atoms with Crippen LogP contribution in [-0.2, 0) is 0 Å². The lowest BCUT2D eigenvalue weighted by molar-refractivity contribution is 0.769. The Morgan fingerprint density at radius 2 is 2.06 bits per heavy atom. The van der Waals surface area contributed by atoms with Gasteiger partial charge in [0.1, 0.15) is 11.6 Å². The number of aromatic nitrogens is 2. The lowest BCUT2D eigenvalue weighted by Crippen LogP contribution is -2.22. The summed E-state index contributed by atoms with van der Waals surface area (Å²) in [6.07, 6.45) is 4.21. The minimum atomic E-state index is 0.303. The predicted octanol–water partition coefficient (Wildman–Crippen LogP) is 2.43. The van der Waals surface area contributed by atoms with Gasteiger partial charge in [-0.05, 0) is 19.1 Å². The van der Waals surface area contributed by atoms with E-state index < -0.39 is 0 Å². The van der Waals surface area contributed by atoms with Crippen molar-refractivity contribution in [3.63, 3.8) is 0 Å². The largest absolute Gasteiger partial charge is 0.370 e. The zero-order valence-electron chi connectivity index (χ0n) is 11.4. The summed E-state index contributed by atoms with van der Waals surface area (Å²) in [7, 11) is 0. The second kappa shape index (κ2) is 8.02. The fraction of sp³-hybridized carbons (Fsp3) is 0.667. The van der Waals surface area contributed by atoms with Gasteiger partial charge in [0.2, 0.25) is 5.95 Å². The van der Waals surface area contributed by atoms with Crippen LogP contribution in [0.2, 0.25) is 0 Å². The van der Waals surface area contributed by atoms with Crippen LogP contribution in [0.25, 0.3) is 0 Å². The molecule has 4 N–H and O–H groups in total. The average molecular weight is 269 g/mol. The highest BCUT2D eigenvalue weighted by atomic mass is 32.2. The molecule has 0 saturated heterocycles. The highest BCUT2D eigenvalue weighted by molar-refractivity contribution is 7.98. The van der Waals surface area contributed by atoms with Gasteiger partial charge >= 0.3 is 0 Å². The summed E-state index contributed by atoms with van der Waals surface area (Å²) < 4.78 is 0. The lowest BCUT2D eigenvalue weighted by atomic mass is 10.2. The number of nitrogens with two attached hydrogens (primary N) is 1. The normalized spacial score (nSPS) is 12.2. The molecule has 1 rings (SSSR count). The van der Waals surface area contributed by atoms with E-state index in [1.165, 1.54) is 0 Å². The molecule has 0 amide bonds. The maximum absolute atomic E-state index is 5.71. The Morgan fingerprint density at radius 3 is 2.67 bits per heavy atom. The van der Waals surface area contributed by atoms with Crippen LogP contribution in [-0.4, -0.2) is 34.6 Å². The molecule has 5 nitrogen and oxygen atoms in total. The van der Waals surface area contributed by atoms with Gasteiger partial charge in [0.15, 0.2) is 0 Å². The van der Waals surface area contributed by atoms with Crippen LogP contribution in [0.15, 0.2) is 6.07 Å². The summed E-state index contributed by atoms with van der Waals surface area (Å²) in [5.74, 6) is 2.93. The third kappa shape index (κ3) is 5.00. The Labute approximate surface area is 113 Å². The van der Waals surface area contributed by atoms with Crippen LogP contribution >= 0.6 is 11.8 Å². The van der Waals surface area contributed by atoms with Crippen LogP contribution < -0.4 is 16.4 Å². The Morgan fingerprint density at radius 1 is 1.33 bits per heavy atom. The Balaban J connectivity index is 2.71. The molecular weight excluding hydrogens is 246 g/mol. The predicted molar refractivity (Wildman–Crippen MR) is 81.3 cm³/mol. The second-order valence-electron chi connectivity index (χ2n) is 4.13. The summed E-state index contributed by atoms with van der Waals surface area (Å²) in [6, 6.07) is 2.32. The van der Waals surface area contributed by atoms with Crippen LogP contribution in [0.3, 0.4) is 0 Å². The van der Waals surface area contributed by atoms with Gasteiger partial charge in [-0.2, -0.15) is 21.7 Å². The molecule has 0 saturated carbocycles. The molecule has 1 heterocycles. The SMILES string of the molecule is CCCNc1cc(NC(CC)CSC)nc(N)n1. The maximum atomic E-state index is 5.71. The Bertz CT molecular complexity index is 358. The molecule has 18 heavy (non-hydrogen) atoms. The van der Waals surface area contributed by atoms with E-state index in [-0.39, 0.29) is 0 Å². The molecule has 102 valence electrons. The van der Waals surface area contributed by atoms with Gasteiger partial charge in [-0.1, -0.05) is 13.8 Å². The number of hydrogen-bond donors (Lipinski definition) is 3. The van der Waals surface area contributed by atoms with Gasteiger partial charge in [0.05, 0.1) is 0 Å². The van der Waals surface area contributed by atoms with Gasteiger partial charge in [-0.3, -0.25) is 0 Å². The number of nitrogens with one attached hydrogen (secondary N) is 2. The van der Waals surface area contributed by atoms with Gasteiger partial charge < -0.3 is 16.4 Å². The smallest absolute Gasteiger partial charge is 0.223 e. The molecule has 0 aliphatic heterocycles. The topological polar surface area (TPSA) is 75.9 Å². The number of nitrogens with zero attached hydrogens (tertiary/aromatic N) is 2. The standard InChI is InChI=1S/C12H23N5S/c1-4-6-14-10-7-11(17-12(13)16-10)15-9(5-2)8-18-3/h7,9H,4-6,8H2,1-3H3,(H4,13,14,15,16,17). The molecule has 0 aliphatic rings. The van der Waals surface area contributed by atoms with Crippen molar-refractivity contribution in [1.29, 1.82) is 0 Å². The minimum absolute atomic E-state index is 0.303. The molecule has 1 aromatic heterocycles. The Kier molecular flexibility index (Phi) is 6.64. The monoisotopic (exact) mass is 269 g/mol. The van der Waals surface area contributed by atoms with Crippen molar-refractivity contribution in [2.24, 2.45) is 0 Å². The maximum Gasteiger partial charge on any atom is 0.223 e. The zero-order chi connectivity index (χ0) is 13.4. The van der Waals surface area contributed by atoms with E-state index >= 15 is 0 Å². The summed E-state index contributed by atoms with van der Waals surface area (Å²) >= 11 is 1.82. The first kappa shape index (κ1) is 14.9.